The molecule has 6 aliphatic rings. The van der Waals surface area contributed by atoms with Crippen LogP contribution in [-0.2, 0) is 53.4 Å². The number of aromatic nitrogens is 6. The van der Waals surface area contributed by atoms with Crippen molar-refractivity contribution in [2.75, 3.05) is 211 Å². The number of morpholine rings is 3. The summed E-state index contributed by atoms with van der Waals surface area (Å²) >= 11 is 0. The molecule has 5 N–H and O–H groups in total. The van der Waals surface area contributed by atoms with Crippen LogP contribution in [0, 0.1) is 11.8 Å². The molecule has 7 aromatic carbocycles. The molecule has 129 heavy (non-hydrogen) atoms. The molecule has 6 saturated heterocycles. The zero-order valence-electron chi connectivity index (χ0n) is 74.8. The zero-order chi connectivity index (χ0) is 90.2. The predicted molar refractivity (Wildman–Crippen MR) is 503 cm³/mol. The molecule has 0 atom stereocenters. The molecular formula is C97H123N17O14S. The van der Waals surface area contributed by atoms with E-state index < -0.39 is 10.0 Å². The van der Waals surface area contributed by atoms with Gasteiger partial charge in [0.2, 0.25) is 15.9 Å². The first kappa shape index (κ1) is 93.4. The molecule has 4 amide bonds. The molecule has 3 aromatic heterocycles. The van der Waals surface area contributed by atoms with Gasteiger partial charge in [0.25, 0.3) is 17.7 Å². The van der Waals surface area contributed by atoms with E-state index in [9.17, 15) is 42.0 Å². The lowest BCUT2D eigenvalue weighted by molar-refractivity contribution is -0.121. The molecule has 6 aliphatic heterocycles. The third-order valence-electron chi connectivity index (χ3n) is 23.5. The third kappa shape index (κ3) is 23.7. The van der Waals surface area contributed by atoms with E-state index in [4.69, 9.17) is 23.7 Å². The predicted octanol–water partition coefficient (Wildman–Crippen LogP) is 8.16. The largest absolute Gasteiger partial charge is 0.491 e. The summed E-state index contributed by atoms with van der Waals surface area (Å²) in [6, 6.07) is 60.4. The van der Waals surface area contributed by atoms with E-state index in [2.05, 4.69) is 46.8 Å². The fraction of sp³-hybridized carbons (Fsp3) is 0.433. The molecule has 0 aliphatic carbocycles. The minimum atomic E-state index is -3.43. The smallest absolute Gasteiger partial charge is 0.334 e. The summed E-state index contributed by atoms with van der Waals surface area (Å²) in [4.78, 5) is 111. The maximum Gasteiger partial charge on any atom is 0.334 e. The summed E-state index contributed by atoms with van der Waals surface area (Å²) in [6.45, 7) is 26.0. The van der Waals surface area contributed by atoms with Crippen molar-refractivity contribution in [3.8, 4) is 56.6 Å². The summed E-state index contributed by atoms with van der Waals surface area (Å²) in [5, 5.41) is 12.9. The fourth-order valence-corrected chi connectivity index (χ4v) is 18.6. The molecule has 0 saturated carbocycles. The van der Waals surface area contributed by atoms with Crippen molar-refractivity contribution in [1.82, 2.24) is 68.1 Å². The van der Waals surface area contributed by atoms with Crippen LogP contribution >= 0.6 is 0 Å². The molecule has 0 spiro atoms. The summed E-state index contributed by atoms with van der Waals surface area (Å²) in [7, 11) is -1.80. The quantitative estimate of drug-likeness (QED) is 0.0256. The summed E-state index contributed by atoms with van der Waals surface area (Å²) in [5.74, 6) is 0.470. The first-order valence-corrected chi connectivity index (χ1v) is 46.9. The van der Waals surface area contributed by atoms with Gasteiger partial charge in [0.1, 0.15) is 29.4 Å². The number of benzene rings is 7. The van der Waals surface area contributed by atoms with Crippen LogP contribution in [0.4, 0.5) is 17.1 Å². The van der Waals surface area contributed by atoms with Crippen molar-refractivity contribution >= 4 is 50.7 Å². The number of carbonyl (C=O) groups excluding carboxylic acids is 4. The van der Waals surface area contributed by atoms with Gasteiger partial charge in [0.15, 0.2) is 0 Å². The van der Waals surface area contributed by atoms with Crippen molar-refractivity contribution < 1.29 is 51.3 Å². The van der Waals surface area contributed by atoms with Crippen molar-refractivity contribution in [3.63, 3.8) is 0 Å². The maximum absolute atomic E-state index is 14.6. The normalized spacial score (nSPS) is 15.7. The number of anilines is 3. The molecule has 0 radical (unpaired) electrons. The highest BCUT2D eigenvalue weighted by Crippen LogP contribution is 2.35. The summed E-state index contributed by atoms with van der Waals surface area (Å²) < 4.78 is 64.9. The number of ether oxygens (including phenoxy) is 5. The van der Waals surface area contributed by atoms with Crippen LogP contribution in [0.1, 0.15) is 84.0 Å². The molecule has 10 aromatic rings. The van der Waals surface area contributed by atoms with Crippen LogP contribution in [0.3, 0.4) is 0 Å². The highest BCUT2D eigenvalue weighted by Gasteiger charge is 2.36. The molecule has 686 valence electrons. The number of amides is 4. The number of nitrogens with one attached hydrogen (secondary N) is 5. The second-order valence-electron chi connectivity index (χ2n) is 33.6. The van der Waals surface area contributed by atoms with Crippen LogP contribution in [0.25, 0.3) is 50.8 Å². The van der Waals surface area contributed by atoms with E-state index in [-0.39, 0.29) is 77.9 Å². The number of nitrogens with zero attached hydrogens (tertiary/aromatic N) is 12. The van der Waals surface area contributed by atoms with Gasteiger partial charge in [-0.3, -0.25) is 46.6 Å². The van der Waals surface area contributed by atoms with Crippen molar-refractivity contribution in [1.29, 1.82) is 0 Å². The molecule has 31 nitrogen and oxygen atoms in total. The second kappa shape index (κ2) is 45.5. The molecule has 0 bridgehead atoms. The Hall–Kier alpha value is -11.7. The number of piperazine rings is 3. The van der Waals surface area contributed by atoms with Crippen molar-refractivity contribution in [3.05, 3.63) is 242 Å². The highest BCUT2D eigenvalue weighted by molar-refractivity contribution is 7.89. The van der Waals surface area contributed by atoms with Crippen LogP contribution in [-0.4, -0.2) is 271 Å². The average Bonchev–Trinajstić information content (AvgIpc) is 1.60. The molecule has 6 fully saturated rings. The lowest BCUT2D eigenvalue weighted by Gasteiger charge is -2.29. The minimum absolute atomic E-state index is 0.000866. The Morgan fingerprint density at radius 2 is 0.767 bits per heavy atom. The molecular weight excluding hydrogens is 1660 g/mol. The van der Waals surface area contributed by atoms with Gasteiger partial charge < -0.3 is 74.4 Å². The number of sulfonamides is 1. The number of imidazole rings is 3. The van der Waals surface area contributed by atoms with E-state index in [1.165, 1.54) is 4.57 Å². The van der Waals surface area contributed by atoms with Gasteiger partial charge in [0.05, 0.1) is 92.7 Å². The Morgan fingerprint density at radius 1 is 0.411 bits per heavy atom. The van der Waals surface area contributed by atoms with E-state index in [0.717, 1.165) is 78.6 Å². The molecule has 16 rings (SSSR count). The lowest BCUT2D eigenvalue weighted by Crippen LogP contribution is -2.47. The monoisotopic (exact) mass is 1780 g/mol. The van der Waals surface area contributed by atoms with Crippen molar-refractivity contribution in [2.24, 2.45) is 11.8 Å². The van der Waals surface area contributed by atoms with Gasteiger partial charge >= 0.3 is 17.1 Å². The Labute approximate surface area is 754 Å². The number of hydrogen-bond acceptors (Lipinski definition) is 20. The Balaban J connectivity index is 0.000000156. The highest BCUT2D eigenvalue weighted by atomic mass is 32.2. The van der Waals surface area contributed by atoms with Gasteiger partial charge in [-0.05, 0) is 97.0 Å². The van der Waals surface area contributed by atoms with E-state index in [1.807, 2.05) is 219 Å². The van der Waals surface area contributed by atoms with Crippen molar-refractivity contribution in [2.45, 2.75) is 66.6 Å². The third-order valence-corrected chi connectivity index (χ3v) is 25.2. The molecule has 9 heterocycles. The summed E-state index contributed by atoms with van der Waals surface area (Å²) in [5.41, 5.74) is 10.2. The SMILES string of the molecule is CC(C)CC(=O)NCCCn1c(C(=O)N2CCNCC2)c(-c2ccccc2)n(-c2cccc(N3CCOCC3)c2)c1=O.CC(C)CS(=O)(=O)NCCCn1c(C(=O)N2CCNCC2)c(-c2ccccc2)n(-c2cccc(N3CCOCC3)c2)c1=O.COCCOc1cccc(Cn2c(C(=O)N3CCNCC3)c(-c3ccccc3)n(-c3cccc(N4CCOCC4)c3)c2=O)c1. The van der Waals surface area contributed by atoms with Crippen LogP contribution in [0.2, 0.25) is 0 Å². The second-order valence-corrected chi connectivity index (χ2v) is 35.5. The summed E-state index contributed by atoms with van der Waals surface area (Å²) in [6.07, 6.45) is 1.34. The van der Waals surface area contributed by atoms with E-state index in [1.54, 1.807) is 34.8 Å². The average molecular weight is 1780 g/mol. The number of carbonyl (C=O) groups is 4. The topological polar surface area (TPSA) is 309 Å². The lowest BCUT2D eigenvalue weighted by atomic mass is 10.1. The standard InChI is InChI=1S/C34H39N5O5.C32H42N6O4.C31H42N6O5S/c1-42-21-22-44-30-12-5-7-26(23-30)25-38-32(33(40)37-15-13-35-14-16-37)31(27-8-3-2-4-9-27)39(34(38)41)29-11-6-10-28(24-29)36-17-19-43-20-18-36;1-24(2)22-28(39)34-12-7-15-37-30(31(40)36-16-13-33-14-17-36)29(25-8-4-3-5-9-25)38(32(37)41)27-11-6-10-26(23-27)35-18-20-42-21-19-35;1-24(2)23-43(40,41)33-12-7-15-36-29(30(38)35-16-13-32-14-17-35)28(25-8-4-3-5-9-25)37(31(36)39)27-11-6-10-26(22-27)34-18-20-42-21-19-34/h2-12,23-24,35H,13-22,25H2,1H3;3-6,8-11,23-24,33H,7,12-22H2,1-2H3,(H,34,39);3-6,8-11,22,24,32-33H,7,12-21,23H2,1-2H3. The maximum atomic E-state index is 14.6. The Kier molecular flexibility index (Phi) is 33.0. The Morgan fingerprint density at radius 3 is 1.14 bits per heavy atom. The molecule has 32 heteroatoms. The number of rotatable bonds is 31. The van der Waals surface area contributed by atoms with E-state index in [0.29, 0.717) is 221 Å². The minimum Gasteiger partial charge on any atom is -0.491 e. The first-order chi connectivity index (χ1) is 62.8. The number of hydrogen-bond donors (Lipinski definition) is 5. The first-order valence-electron chi connectivity index (χ1n) is 45.3. The Bertz CT molecular complexity index is 5700. The zero-order valence-corrected chi connectivity index (χ0v) is 75.6. The van der Waals surface area contributed by atoms with Gasteiger partial charge in [0, 0.05) is 191 Å². The fourth-order valence-electron chi connectivity index (χ4n) is 17.2. The number of methoxy groups -OCH3 is 1. The van der Waals surface area contributed by atoms with Gasteiger partial charge in [-0.2, -0.15) is 0 Å². The van der Waals surface area contributed by atoms with Gasteiger partial charge in [-0.25, -0.2) is 27.5 Å². The van der Waals surface area contributed by atoms with Gasteiger partial charge in [-0.1, -0.05) is 149 Å². The van der Waals surface area contributed by atoms with E-state index >= 15 is 0 Å². The van der Waals surface area contributed by atoms with Crippen LogP contribution in [0.5, 0.6) is 5.75 Å². The van der Waals surface area contributed by atoms with Gasteiger partial charge in [-0.15, -0.1) is 0 Å². The van der Waals surface area contributed by atoms with Crippen LogP contribution in [0.15, 0.2) is 202 Å². The molecule has 0 unspecified atom stereocenters. The van der Waals surface area contributed by atoms with Crippen LogP contribution < -0.4 is 62.5 Å².